The molecule has 0 spiro atoms. The average Bonchev–Trinajstić information content (AvgIpc) is 2.87. The molecule has 2 nitrogen and oxygen atoms in total. The fourth-order valence-electron chi connectivity index (χ4n) is 2.33. The monoisotopic (exact) mass is 322 g/mol. The van der Waals surface area contributed by atoms with Crippen LogP contribution in [-0.4, -0.2) is 11.7 Å². The Hall–Kier alpha value is -1.29. The van der Waals surface area contributed by atoms with Crippen molar-refractivity contribution in [2.75, 3.05) is 16.8 Å². The van der Waals surface area contributed by atoms with Gasteiger partial charge in [0.15, 0.2) is 5.11 Å². The lowest BCUT2D eigenvalue weighted by Gasteiger charge is -2.21. The number of halogens is 2. The normalized spacial score (nSPS) is 13.2. The predicted octanol–water partition coefficient (Wildman–Crippen LogP) is 4.75. The Kier molecular flexibility index (Phi) is 3.83. The minimum Gasteiger partial charge on any atom is -0.331 e. The molecule has 2 aromatic rings. The van der Waals surface area contributed by atoms with Crippen LogP contribution in [0.1, 0.15) is 5.56 Å². The number of fused-ring (bicyclic) bond motifs is 1. The van der Waals surface area contributed by atoms with E-state index in [1.807, 2.05) is 12.1 Å². The van der Waals surface area contributed by atoms with E-state index in [1.54, 1.807) is 18.2 Å². The molecule has 0 saturated carbocycles. The third kappa shape index (κ3) is 2.62. The van der Waals surface area contributed by atoms with Crippen LogP contribution in [-0.2, 0) is 6.42 Å². The number of anilines is 2. The van der Waals surface area contributed by atoms with E-state index in [1.165, 1.54) is 5.56 Å². The van der Waals surface area contributed by atoms with E-state index in [4.69, 9.17) is 35.4 Å². The molecule has 20 heavy (non-hydrogen) atoms. The van der Waals surface area contributed by atoms with Gasteiger partial charge < -0.3 is 10.2 Å². The first-order valence-corrected chi connectivity index (χ1v) is 7.43. The van der Waals surface area contributed by atoms with Gasteiger partial charge in [-0.15, -0.1) is 0 Å². The highest BCUT2D eigenvalue weighted by Crippen LogP contribution is 2.30. The molecule has 0 amide bonds. The Labute approximate surface area is 133 Å². The fraction of sp³-hybridized carbons (Fsp3) is 0.133. The summed E-state index contributed by atoms with van der Waals surface area (Å²) in [4.78, 5) is 2.09. The second-order valence-electron chi connectivity index (χ2n) is 4.58. The van der Waals surface area contributed by atoms with Crippen molar-refractivity contribution in [3.63, 3.8) is 0 Å². The molecule has 0 fully saturated rings. The molecule has 1 heterocycles. The molecule has 1 N–H and O–H groups in total. The van der Waals surface area contributed by atoms with Crippen LogP contribution in [0.4, 0.5) is 11.4 Å². The Bertz CT molecular complexity index is 673. The highest BCUT2D eigenvalue weighted by molar-refractivity contribution is 7.80. The van der Waals surface area contributed by atoms with E-state index in [9.17, 15) is 0 Å². The van der Waals surface area contributed by atoms with E-state index in [-0.39, 0.29) is 0 Å². The van der Waals surface area contributed by atoms with Gasteiger partial charge in [-0.25, -0.2) is 0 Å². The summed E-state index contributed by atoms with van der Waals surface area (Å²) in [5.41, 5.74) is 3.20. The summed E-state index contributed by atoms with van der Waals surface area (Å²) in [5.74, 6) is 0. The van der Waals surface area contributed by atoms with Crippen LogP contribution < -0.4 is 10.2 Å². The molecule has 0 saturated heterocycles. The average molecular weight is 323 g/mol. The maximum atomic E-state index is 6.15. The fourth-order valence-corrected chi connectivity index (χ4v) is 2.96. The van der Waals surface area contributed by atoms with E-state index < -0.39 is 0 Å². The number of hydrogen-bond acceptors (Lipinski definition) is 1. The standard InChI is InChI=1S/C15H12Cl2N2S/c16-11-5-6-12(17)13(9-11)18-15(20)19-8-7-10-3-1-2-4-14(10)19/h1-6,9H,7-8H2,(H,18,20). The van der Waals surface area contributed by atoms with Gasteiger partial charge in [-0.05, 0) is 48.5 Å². The molecule has 1 aliphatic heterocycles. The molecule has 2 aromatic carbocycles. The highest BCUT2D eigenvalue weighted by Gasteiger charge is 2.22. The summed E-state index contributed by atoms with van der Waals surface area (Å²) in [5, 5.41) is 5.04. The quantitative estimate of drug-likeness (QED) is 0.762. The van der Waals surface area contributed by atoms with Crippen molar-refractivity contribution in [3.05, 3.63) is 58.1 Å². The van der Waals surface area contributed by atoms with Crippen molar-refractivity contribution in [1.82, 2.24) is 0 Å². The maximum absolute atomic E-state index is 6.15. The Morgan fingerprint density at radius 3 is 2.80 bits per heavy atom. The third-order valence-corrected chi connectivity index (χ3v) is 4.19. The molecule has 0 radical (unpaired) electrons. The van der Waals surface area contributed by atoms with Crippen LogP contribution >= 0.6 is 35.4 Å². The van der Waals surface area contributed by atoms with E-state index >= 15 is 0 Å². The molecule has 0 aromatic heterocycles. The van der Waals surface area contributed by atoms with Crippen molar-refractivity contribution < 1.29 is 0 Å². The van der Waals surface area contributed by atoms with Crippen LogP contribution in [0.2, 0.25) is 10.0 Å². The Morgan fingerprint density at radius 1 is 1.15 bits per heavy atom. The lowest BCUT2D eigenvalue weighted by atomic mass is 10.2. The van der Waals surface area contributed by atoms with Gasteiger partial charge in [-0.2, -0.15) is 0 Å². The number of thiocarbonyl (C=S) groups is 1. The molecule has 1 aliphatic rings. The number of para-hydroxylation sites is 1. The lowest BCUT2D eigenvalue weighted by Crippen LogP contribution is -2.33. The summed E-state index contributed by atoms with van der Waals surface area (Å²) >= 11 is 17.6. The zero-order chi connectivity index (χ0) is 14.1. The molecular weight excluding hydrogens is 311 g/mol. The number of nitrogens with one attached hydrogen (secondary N) is 1. The van der Waals surface area contributed by atoms with Gasteiger partial charge >= 0.3 is 0 Å². The summed E-state index contributed by atoms with van der Waals surface area (Å²) < 4.78 is 0. The van der Waals surface area contributed by atoms with Crippen molar-refractivity contribution in [1.29, 1.82) is 0 Å². The molecule has 102 valence electrons. The summed E-state index contributed by atoms with van der Waals surface area (Å²) in [6, 6.07) is 13.6. The van der Waals surface area contributed by atoms with Gasteiger partial charge in [0, 0.05) is 17.3 Å². The molecule has 3 rings (SSSR count). The second-order valence-corrected chi connectivity index (χ2v) is 5.82. The van der Waals surface area contributed by atoms with Gasteiger partial charge in [0.25, 0.3) is 0 Å². The number of hydrogen-bond donors (Lipinski definition) is 1. The van der Waals surface area contributed by atoms with E-state index in [2.05, 4.69) is 22.3 Å². The summed E-state index contributed by atoms with van der Waals surface area (Å²) in [7, 11) is 0. The topological polar surface area (TPSA) is 15.3 Å². The first kappa shape index (κ1) is 13.7. The van der Waals surface area contributed by atoms with Crippen LogP contribution in [0.5, 0.6) is 0 Å². The summed E-state index contributed by atoms with van der Waals surface area (Å²) in [6.07, 6.45) is 1.00. The molecule has 0 atom stereocenters. The molecule has 5 heteroatoms. The van der Waals surface area contributed by atoms with Crippen molar-refractivity contribution in [2.24, 2.45) is 0 Å². The number of nitrogens with zero attached hydrogens (tertiary/aromatic N) is 1. The number of rotatable bonds is 1. The minimum absolute atomic E-state index is 0.601. The van der Waals surface area contributed by atoms with Crippen LogP contribution in [0.25, 0.3) is 0 Å². The van der Waals surface area contributed by atoms with Gasteiger partial charge in [-0.3, -0.25) is 0 Å². The SMILES string of the molecule is S=C(Nc1cc(Cl)ccc1Cl)N1CCc2ccccc21. The van der Waals surface area contributed by atoms with Gasteiger partial charge in [-0.1, -0.05) is 41.4 Å². The van der Waals surface area contributed by atoms with Crippen LogP contribution in [0.15, 0.2) is 42.5 Å². The summed E-state index contributed by atoms with van der Waals surface area (Å²) in [6.45, 7) is 0.878. The molecule has 0 bridgehead atoms. The zero-order valence-electron chi connectivity index (χ0n) is 10.6. The van der Waals surface area contributed by atoms with E-state index in [0.717, 1.165) is 24.3 Å². The zero-order valence-corrected chi connectivity index (χ0v) is 12.9. The van der Waals surface area contributed by atoms with Gasteiger partial charge in [0.05, 0.1) is 10.7 Å². The lowest BCUT2D eigenvalue weighted by molar-refractivity contribution is 1.03. The van der Waals surface area contributed by atoms with Crippen LogP contribution in [0, 0.1) is 0 Å². The van der Waals surface area contributed by atoms with Gasteiger partial charge in [0.2, 0.25) is 0 Å². The molecule has 0 aliphatic carbocycles. The van der Waals surface area contributed by atoms with Crippen LogP contribution in [0.3, 0.4) is 0 Å². The van der Waals surface area contributed by atoms with Gasteiger partial charge in [0.1, 0.15) is 0 Å². The Morgan fingerprint density at radius 2 is 1.95 bits per heavy atom. The predicted molar refractivity (Wildman–Crippen MR) is 90.2 cm³/mol. The molecular formula is C15H12Cl2N2S. The third-order valence-electron chi connectivity index (χ3n) is 3.30. The van der Waals surface area contributed by atoms with Crippen molar-refractivity contribution in [3.8, 4) is 0 Å². The first-order valence-electron chi connectivity index (χ1n) is 6.26. The Balaban J connectivity index is 1.83. The maximum Gasteiger partial charge on any atom is 0.178 e. The number of benzene rings is 2. The minimum atomic E-state index is 0.601. The first-order chi connectivity index (χ1) is 9.65. The second kappa shape index (κ2) is 5.60. The largest absolute Gasteiger partial charge is 0.331 e. The highest BCUT2D eigenvalue weighted by atomic mass is 35.5. The molecule has 0 unspecified atom stereocenters. The van der Waals surface area contributed by atoms with E-state index in [0.29, 0.717) is 15.2 Å². The van der Waals surface area contributed by atoms with Crippen molar-refractivity contribution >= 4 is 51.9 Å². The van der Waals surface area contributed by atoms with Crippen molar-refractivity contribution in [2.45, 2.75) is 6.42 Å². The smallest absolute Gasteiger partial charge is 0.178 e.